The van der Waals surface area contributed by atoms with Gasteiger partial charge in [0.05, 0.1) is 0 Å². The van der Waals surface area contributed by atoms with Crippen LogP contribution in [0.15, 0.2) is 24.3 Å². The number of alkyl halides is 1. The number of hydrogen-bond donors (Lipinski definition) is 1. The molecule has 0 bridgehead atoms. The fourth-order valence-corrected chi connectivity index (χ4v) is 2.89. The van der Waals surface area contributed by atoms with Crippen molar-refractivity contribution in [2.24, 2.45) is 11.8 Å². The Morgan fingerprint density at radius 1 is 1.26 bits per heavy atom. The molecule has 19 heavy (non-hydrogen) atoms. The number of halogens is 1. The molecule has 3 nitrogen and oxygen atoms in total. The summed E-state index contributed by atoms with van der Waals surface area (Å²) in [7, 11) is 0. The Hall–Kier alpha value is -1.22. The lowest BCUT2D eigenvalue weighted by Gasteiger charge is -2.36. The minimum absolute atomic E-state index is 0.0110. The summed E-state index contributed by atoms with van der Waals surface area (Å²) < 4.78 is 0. The minimum Gasteiger partial charge on any atom is -0.371 e. The smallest absolute Gasteiger partial charge is 0.239 e. The van der Waals surface area contributed by atoms with Crippen molar-refractivity contribution >= 4 is 28.9 Å². The molecule has 1 aliphatic heterocycles. The molecule has 1 aliphatic rings. The van der Waals surface area contributed by atoms with E-state index in [0.717, 1.165) is 30.6 Å². The van der Waals surface area contributed by atoms with Crippen molar-refractivity contribution in [2.45, 2.75) is 20.3 Å². The average Bonchev–Trinajstić information content (AvgIpc) is 2.38. The van der Waals surface area contributed by atoms with Gasteiger partial charge in [-0.15, -0.1) is 11.6 Å². The molecule has 1 fully saturated rings. The molecule has 1 heterocycles. The van der Waals surface area contributed by atoms with E-state index >= 15 is 0 Å². The first-order valence-electron chi connectivity index (χ1n) is 6.79. The Bertz CT molecular complexity index is 422. The van der Waals surface area contributed by atoms with Crippen molar-refractivity contribution in [2.75, 3.05) is 29.2 Å². The van der Waals surface area contributed by atoms with Crippen LogP contribution in [-0.2, 0) is 4.79 Å². The molecule has 1 amide bonds. The van der Waals surface area contributed by atoms with E-state index in [-0.39, 0.29) is 11.8 Å². The number of anilines is 2. The highest BCUT2D eigenvalue weighted by atomic mass is 35.5. The first-order chi connectivity index (χ1) is 9.08. The van der Waals surface area contributed by atoms with Crippen molar-refractivity contribution in [3.63, 3.8) is 0 Å². The summed E-state index contributed by atoms with van der Waals surface area (Å²) in [6.45, 7) is 6.82. The van der Waals surface area contributed by atoms with Crippen LogP contribution in [0, 0.1) is 11.8 Å². The van der Waals surface area contributed by atoms with Gasteiger partial charge in [0.15, 0.2) is 0 Å². The zero-order valence-electron chi connectivity index (χ0n) is 11.5. The number of piperidine rings is 1. The molecular weight excluding hydrogens is 260 g/mol. The fourth-order valence-electron chi connectivity index (χ4n) is 2.82. The van der Waals surface area contributed by atoms with Crippen LogP contribution in [0.5, 0.6) is 0 Å². The zero-order valence-corrected chi connectivity index (χ0v) is 12.3. The summed E-state index contributed by atoms with van der Waals surface area (Å²) in [5, 5.41) is 2.75. The van der Waals surface area contributed by atoms with Gasteiger partial charge in [-0.25, -0.2) is 0 Å². The van der Waals surface area contributed by atoms with Crippen molar-refractivity contribution in [1.29, 1.82) is 0 Å². The molecule has 2 rings (SSSR count). The molecule has 1 saturated heterocycles. The van der Waals surface area contributed by atoms with E-state index in [1.165, 1.54) is 12.1 Å². The largest absolute Gasteiger partial charge is 0.371 e. The van der Waals surface area contributed by atoms with Crippen LogP contribution in [-0.4, -0.2) is 24.9 Å². The fraction of sp³-hybridized carbons (Fsp3) is 0.533. The third kappa shape index (κ3) is 3.87. The summed E-state index contributed by atoms with van der Waals surface area (Å²) in [4.78, 5) is 13.6. The molecule has 0 unspecified atom stereocenters. The number of benzene rings is 1. The van der Waals surface area contributed by atoms with E-state index in [0.29, 0.717) is 0 Å². The molecule has 1 aromatic rings. The topological polar surface area (TPSA) is 32.3 Å². The van der Waals surface area contributed by atoms with E-state index in [4.69, 9.17) is 11.6 Å². The van der Waals surface area contributed by atoms with Crippen LogP contribution in [0.1, 0.15) is 20.3 Å². The molecule has 104 valence electrons. The van der Waals surface area contributed by atoms with Gasteiger partial charge in [-0.05, 0) is 42.5 Å². The number of rotatable bonds is 3. The second kappa shape index (κ2) is 6.29. The molecule has 4 heteroatoms. The normalized spacial score (nSPS) is 23.2. The van der Waals surface area contributed by atoms with E-state index < -0.39 is 0 Å². The summed E-state index contributed by atoms with van der Waals surface area (Å²) in [5.74, 6) is 1.29. The monoisotopic (exact) mass is 280 g/mol. The third-order valence-electron chi connectivity index (χ3n) is 3.51. The Morgan fingerprint density at radius 3 is 2.37 bits per heavy atom. The predicted molar refractivity (Wildman–Crippen MR) is 80.9 cm³/mol. The Morgan fingerprint density at radius 2 is 1.84 bits per heavy atom. The van der Waals surface area contributed by atoms with Gasteiger partial charge >= 0.3 is 0 Å². The van der Waals surface area contributed by atoms with Gasteiger partial charge in [-0.1, -0.05) is 13.8 Å². The first-order valence-corrected chi connectivity index (χ1v) is 7.32. The summed E-state index contributed by atoms with van der Waals surface area (Å²) in [5.41, 5.74) is 2.02. The van der Waals surface area contributed by atoms with E-state index in [2.05, 4.69) is 36.2 Å². The van der Waals surface area contributed by atoms with Crippen molar-refractivity contribution in [3.8, 4) is 0 Å². The SMILES string of the molecule is C[C@@H]1C[C@@H](C)CN(c2ccc(NC(=O)CCl)cc2)C1. The highest BCUT2D eigenvalue weighted by Gasteiger charge is 2.21. The molecule has 0 aromatic heterocycles. The maximum Gasteiger partial charge on any atom is 0.239 e. The summed E-state index contributed by atoms with van der Waals surface area (Å²) in [6, 6.07) is 8.00. The second-order valence-electron chi connectivity index (χ2n) is 5.58. The Kier molecular flexibility index (Phi) is 4.70. The average molecular weight is 281 g/mol. The number of carbonyl (C=O) groups is 1. The van der Waals surface area contributed by atoms with Crippen LogP contribution < -0.4 is 10.2 Å². The van der Waals surface area contributed by atoms with Gasteiger partial charge < -0.3 is 10.2 Å². The van der Waals surface area contributed by atoms with Gasteiger partial charge in [0.1, 0.15) is 5.88 Å². The van der Waals surface area contributed by atoms with Gasteiger partial charge in [-0.2, -0.15) is 0 Å². The summed E-state index contributed by atoms with van der Waals surface area (Å²) >= 11 is 5.47. The lowest BCUT2D eigenvalue weighted by atomic mass is 9.91. The number of carbonyl (C=O) groups excluding carboxylic acids is 1. The van der Waals surface area contributed by atoms with Gasteiger partial charge in [0.25, 0.3) is 0 Å². The maximum absolute atomic E-state index is 11.2. The Labute approximate surface area is 119 Å². The number of nitrogens with one attached hydrogen (secondary N) is 1. The third-order valence-corrected chi connectivity index (χ3v) is 3.75. The van der Waals surface area contributed by atoms with Crippen LogP contribution in [0.3, 0.4) is 0 Å². The van der Waals surface area contributed by atoms with Crippen LogP contribution in [0.25, 0.3) is 0 Å². The summed E-state index contributed by atoms with van der Waals surface area (Å²) in [6.07, 6.45) is 1.31. The number of nitrogens with zero attached hydrogens (tertiary/aromatic N) is 1. The minimum atomic E-state index is -0.172. The molecule has 1 N–H and O–H groups in total. The predicted octanol–water partition coefficient (Wildman–Crippen LogP) is 3.35. The highest BCUT2D eigenvalue weighted by molar-refractivity contribution is 6.29. The Balaban J connectivity index is 2.03. The van der Waals surface area contributed by atoms with Crippen molar-refractivity contribution in [3.05, 3.63) is 24.3 Å². The van der Waals surface area contributed by atoms with E-state index in [1.807, 2.05) is 12.1 Å². The molecule has 0 spiro atoms. The van der Waals surface area contributed by atoms with Crippen LogP contribution in [0.2, 0.25) is 0 Å². The van der Waals surface area contributed by atoms with Crippen molar-refractivity contribution < 1.29 is 4.79 Å². The lowest BCUT2D eigenvalue weighted by molar-refractivity contribution is -0.113. The van der Waals surface area contributed by atoms with Crippen LogP contribution >= 0.6 is 11.6 Å². The highest BCUT2D eigenvalue weighted by Crippen LogP contribution is 2.27. The van der Waals surface area contributed by atoms with Crippen LogP contribution in [0.4, 0.5) is 11.4 Å². The van der Waals surface area contributed by atoms with E-state index in [9.17, 15) is 4.79 Å². The molecular formula is C15H21ClN2O. The van der Waals surface area contributed by atoms with Gasteiger partial charge in [0, 0.05) is 24.5 Å². The first kappa shape index (κ1) is 14.2. The second-order valence-corrected chi connectivity index (χ2v) is 5.85. The lowest BCUT2D eigenvalue weighted by Crippen LogP contribution is -2.38. The molecule has 0 aliphatic carbocycles. The zero-order chi connectivity index (χ0) is 13.8. The number of hydrogen-bond acceptors (Lipinski definition) is 2. The molecule has 2 atom stereocenters. The van der Waals surface area contributed by atoms with Gasteiger partial charge in [-0.3, -0.25) is 4.79 Å². The maximum atomic E-state index is 11.2. The quantitative estimate of drug-likeness (QED) is 0.861. The standard InChI is InChI=1S/C15H21ClN2O/c1-11-7-12(2)10-18(9-11)14-5-3-13(4-6-14)17-15(19)8-16/h3-6,11-12H,7-10H2,1-2H3,(H,17,19)/t11-,12-/m1/s1. The molecule has 1 aromatic carbocycles. The van der Waals surface area contributed by atoms with E-state index in [1.54, 1.807) is 0 Å². The molecule has 0 saturated carbocycles. The molecule has 0 radical (unpaired) electrons. The van der Waals surface area contributed by atoms with Crippen molar-refractivity contribution in [1.82, 2.24) is 0 Å². The van der Waals surface area contributed by atoms with Gasteiger partial charge in [0.2, 0.25) is 5.91 Å². The number of amides is 1.